The van der Waals surface area contributed by atoms with E-state index in [9.17, 15) is 17.8 Å². The third-order valence-corrected chi connectivity index (χ3v) is 3.26. The van der Waals surface area contributed by atoms with Crippen molar-refractivity contribution in [2.75, 3.05) is 5.32 Å². The standard InChI is InChI=1S/C11H9NO4S/c13-7-12-10-5-6-11(17(14,15)16)9-4-2-1-3-8(9)10/h1-7H,(H,12,13)(H,14,15,16)/p-1. The highest BCUT2D eigenvalue weighted by molar-refractivity contribution is 7.86. The zero-order valence-corrected chi connectivity index (χ0v) is 9.40. The second-order valence-corrected chi connectivity index (χ2v) is 4.72. The molecule has 0 aliphatic heterocycles. The van der Waals surface area contributed by atoms with Crippen LogP contribution in [0.5, 0.6) is 0 Å². The predicted molar refractivity (Wildman–Crippen MR) is 61.6 cm³/mol. The zero-order valence-electron chi connectivity index (χ0n) is 8.58. The molecule has 1 amide bonds. The van der Waals surface area contributed by atoms with Gasteiger partial charge in [0, 0.05) is 16.5 Å². The van der Waals surface area contributed by atoms with E-state index in [2.05, 4.69) is 5.32 Å². The van der Waals surface area contributed by atoms with Gasteiger partial charge in [0.2, 0.25) is 6.41 Å². The van der Waals surface area contributed by atoms with Crippen LogP contribution in [0.25, 0.3) is 10.8 Å². The summed E-state index contributed by atoms with van der Waals surface area (Å²) in [4.78, 5) is 10.1. The minimum atomic E-state index is -4.53. The molecule has 88 valence electrons. The number of rotatable bonds is 3. The highest BCUT2D eigenvalue weighted by Crippen LogP contribution is 2.28. The third kappa shape index (κ3) is 2.13. The molecule has 0 saturated heterocycles. The van der Waals surface area contributed by atoms with Crippen LogP contribution >= 0.6 is 0 Å². The van der Waals surface area contributed by atoms with Crippen molar-refractivity contribution in [1.29, 1.82) is 0 Å². The van der Waals surface area contributed by atoms with E-state index in [4.69, 9.17) is 0 Å². The van der Waals surface area contributed by atoms with Crippen LogP contribution in [0.2, 0.25) is 0 Å². The number of fused-ring (bicyclic) bond motifs is 1. The minimum absolute atomic E-state index is 0.287. The summed E-state index contributed by atoms with van der Waals surface area (Å²) in [7, 11) is -4.53. The smallest absolute Gasteiger partial charge is 0.211 e. The first-order valence-corrected chi connectivity index (χ1v) is 6.12. The molecule has 0 radical (unpaired) electrons. The van der Waals surface area contributed by atoms with E-state index in [1.807, 2.05) is 0 Å². The van der Waals surface area contributed by atoms with Gasteiger partial charge in [-0.3, -0.25) is 4.79 Å². The van der Waals surface area contributed by atoms with Gasteiger partial charge in [0.1, 0.15) is 10.1 Å². The van der Waals surface area contributed by atoms with Crippen molar-refractivity contribution in [2.24, 2.45) is 0 Å². The summed E-state index contributed by atoms with van der Waals surface area (Å²) in [6.07, 6.45) is 0.493. The van der Waals surface area contributed by atoms with Crippen LogP contribution in [-0.4, -0.2) is 19.4 Å². The molecule has 0 heterocycles. The quantitative estimate of drug-likeness (QED) is 0.657. The Morgan fingerprint density at radius 3 is 2.29 bits per heavy atom. The van der Waals surface area contributed by atoms with Gasteiger partial charge in [0.25, 0.3) is 0 Å². The summed E-state index contributed by atoms with van der Waals surface area (Å²) >= 11 is 0. The first-order chi connectivity index (χ1) is 8.04. The largest absolute Gasteiger partial charge is 0.744 e. The van der Waals surface area contributed by atoms with Gasteiger partial charge in [-0.2, -0.15) is 0 Å². The molecule has 5 nitrogen and oxygen atoms in total. The molecular weight excluding hydrogens is 242 g/mol. The first-order valence-electron chi connectivity index (χ1n) is 4.72. The molecule has 0 aliphatic rings. The van der Waals surface area contributed by atoms with Crippen molar-refractivity contribution in [3.05, 3.63) is 36.4 Å². The Balaban J connectivity index is 2.84. The number of nitrogens with one attached hydrogen (secondary N) is 1. The van der Waals surface area contributed by atoms with Crippen molar-refractivity contribution in [3.8, 4) is 0 Å². The maximum Gasteiger partial charge on any atom is 0.211 e. The van der Waals surface area contributed by atoms with Crippen molar-refractivity contribution >= 4 is 33.0 Å². The first kappa shape index (κ1) is 11.6. The van der Waals surface area contributed by atoms with Crippen molar-refractivity contribution < 1.29 is 17.8 Å². The third-order valence-electron chi connectivity index (χ3n) is 2.37. The lowest BCUT2D eigenvalue weighted by Gasteiger charge is -2.12. The molecule has 2 aromatic rings. The van der Waals surface area contributed by atoms with E-state index in [1.54, 1.807) is 18.2 Å². The van der Waals surface area contributed by atoms with Crippen molar-refractivity contribution in [2.45, 2.75) is 4.90 Å². The van der Waals surface area contributed by atoms with Crippen LogP contribution < -0.4 is 5.32 Å². The zero-order chi connectivity index (χ0) is 12.5. The van der Waals surface area contributed by atoms with Gasteiger partial charge in [0.05, 0.1) is 4.90 Å². The monoisotopic (exact) mass is 250 g/mol. The van der Waals surface area contributed by atoms with Crippen LogP contribution in [0.15, 0.2) is 41.3 Å². The molecule has 0 saturated carbocycles. The number of hydrogen-bond donors (Lipinski definition) is 1. The van der Waals surface area contributed by atoms with E-state index in [0.29, 0.717) is 22.9 Å². The van der Waals surface area contributed by atoms with Gasteiger partial charge in [-0.15, -0.1) is 0 Å². The average molecular weight is 250 g/mol. The lowest BCUT2D eigenvalue weighted by atomic mass is 10.1. The van der Waals surface area contributed by atoms with E-state index in [-0.39, 0.29) is 4.90 Å². The van der Waals surface area contributed by atoms with Crippen LogP contribution in [0.4, 0.5) is 5.69 Å². The molecule has 0 atom stereocenters. The van der Waals surface area contributed by atoms with Crippen molar-refractivity contribution in [1.82, 2.24) is 0 Å². The Labute approximate surface area is 97.8 Å². The molecule has 6 heteroatoms. The molecular formula is C11H8NO4S-. The summed E-state index contributed by atoms with van der Waals surface area (Å²) in [6, 6.07) is 9.06. The number of anilines is 1. The Morgan fingerprint density at radius 2 is 1.71 bits per heavy atom. The fourth-order valence-electron chi connectivity index (χ4n) is 1.68. The number of carbonyl (C=O) groups is 1. The predicted octanol–water partition coefficient (Wildman–Crippen LogP) is 1.31. The van der Waals surface area contributed by atoms with Gasteiger partial charge in [-0.25, -0.2) is 8.42 Å². The molecule has 2 aromatic carbocycles. The van der Waals surface area contributed by atoms with E-state index in [0.717, 1.165) is 0 Å². The van der Waals surface area contributed by atoms with Crippen molar-refractivity contribution in [3.63, 3.8) is 0 Å². The molecule has 1 N–H and O–H groups in total. The van der Waals surface area contributed by atoms with Crippen LogP contribution in [0.3, 0.4) is 0 Å². The molecule has 0 spiro atoms. The van der Waals surface area contributed by atoms with Gasteiger partial charge in [0.15, 0.2) is 0 Å². The minimum Gasteiger partial charge on any atom is -0.744 e. The molecule has 0 aliphatic carbocycles. The molecule has 0 bridgehead atoms. The number of carbonyl (C=O) groups excluding carboxylic acids is 1. The van der Waals surface area contributed by atoms with Crippen LogP contribution in [-0.2, 0) is 14.9 Å². The summed E-state index contributed by atoms with van der Waals surface area (Å²) < 4.78 is 33.2. The topological polar surface area (TPSA) is 86.3 Å². The number of amides is 1. The molecule has 2 rings (SSSR count). The van der Waals surface area contributed by atoms with Gasteiger partial charge in [-0.1, -0.05) is 24.3 Å². The second kappa shape index (κ2) is 4.15. The summed E-state index contributed by atoms with van der Waals surface area (Å²) in [5.74, 6) is 0. The Bertz CT molecular complexity index is 679. The van der Waals surface area contributed by atoms with Crippen LogP contribution in [0, 0.1) is 0 Å². The van der Waals surface area contributed by atoms with Gasteiger partial charge >= 0.3 is 0 Å². The number of hydrogen-bond acceptors (Lipinski definition) is 4. The van der Waals surface area contributed by atoms with E-state index in [1.165, 1.54) is 18.2 Å². The SMILES string of the molecule is O=CNc1ccc(S(=O)(=O)[O-])c2ccccc12. The van der Waals surface area contributed by atoms with E-state index < -0.39 is 10.1 Å². The maximum absolute atomic E-state index is 11.1. The molecule has 0 unspecified atom stereocenters. The maximum atomic E-state index is 11.1. The molecule has 0 fully saturated rings. The van der Waals surface area contributed by atoms with E-state index >= 15 is 0 Å². The molecule has 0 aromatic heterocycles. The number of benzene rings is 2. The Hall–Kier alpha value is -1.92. The highest BCUT2D eigenvalue weighted by atomic mass is 32.2. The Morgan fingerprint density at radius 1 is 1.06 bits per heavy atom. The lowest BCUT2D eigenvalue weighted by molar-refractivity contribution is -0.105. The highest BCUT2D eigenvalue weighted by Gasteiger charge is 2.09. The fraction of sp³-hybridized carbons (Fsp3) is 0. The average Bonchev–Trinajstić information content (AvgIpc) is 2.28. The van der Waals surface area contributed by atoms with Gasteiger partial charge < -0.3 is 9.87 Å². The second-order valence-electron chi connectivity index (χ2n) is 3.37. The Kier molecular flexibility index (Phi) is 2.83. The molecule has 17 heavy (non-hydrogen) atoms. The lowest BCUT2D eigenvalue weighted by Crippen LogP contribution is -2.01. The van der Waals surface area contributed by atoms with Gasteiger partial charge in [-0.05, 0) is 12.1 Å². The fourth-order valence-corrected chi connectivity index (χ4v) is 2.36. The van der Waals surface area contributed by atoms with Crippen LogP contribution in [0.1, 0.15) is 0 Å². The normalized spacial score (nSPS) is 11.4. The summed E-state index contributed by atoms with van der Waals surface area (Å²) in [5.41, 5.74) is 0.461. The summed E-state index contributed by atoms with van der Waals surface area (Å²) in [6.45, 7) is 0. The summed E-state index contributed by atoms with van der Waals surface area (Å²) in [5, 5.41) is 3.26.